The van der Waals surface area contributed by atoms with E-state index in [4.69, 9.17) is 5.73 Å². The molecular weight excluding hydrogens is 212 g/mol. The molecule has 3 unspecified atom stereocenters. The highest BCUT2D eigenvalue weighted by Crippen LogP contribution is 2.29. The molecule has 3 heteroatoms. The third-order valence-electron chi connectivity index (χ3n) is 3.72. The first-order valence-electron chi connectivity index (χ1n) is 6.83. The maximum absolute atomic E-state index is 12.0. The first-order chi connectivity index (χ1) is 7.79. The molecule has 0 spiro atoms. The van der Waals surface area contributed by atoms with E-state index in [9.17, 15) is 4.79 Å². The Kier molecular flexibility index (Phi) is 4.99. The summed E-state index contributed by atoms with van der Waals surface area (Å²) >= 11 is 0. The van der Waals surface area contributed by atoms with Crippen molar-refractivity contribution in [1.82, 2.24) is 5.32 Å². The fourth-order valence-corrected chi connectivity index (χ4v) is 2.52. The summed E-state index contributed by atoms with van der Waals surface area (Å²) in [6.45, 7) is 9.52. The summed E-state index contributed by atoms with van der Waals surface area (Å²) in [5.74, 6) is 0.830. The van der Waals surface area contributed by atoms with Gasteiger partial charge in [-0.3, -0.25) is 4.79 Å². The van der Waals surface area contributed by atoms with Crippen molar-refractivity contribution in [2.24, 2.45) is 23.0 Å². The summed E-state index contributed by atoms with van der Waals surface area (Å²) in [6, 6.07) is 0.295. The van der Waals surface area contributed by atoms with Crippen LogP contribution in [0.5, 0.6) is 0 Å². The minimum Gasteiger partial charge on any atom is -0.356 e. The number of nitrogens with one attached hydrogen (secondary N) is 1. The van der Waals surface area contributed by atoms with Crippen molar-refractivity contribution in [1.29, 1.82) is 0 Å². The Morgan fingerprint density at radius 3 is 2.53 bits per heavy atom. The standard InChI is InChI=1S/C14H28N2O/c1-10-9-11(15)5-6-12(10)13(17)16-8-7-14(2,3)4/h10-12H,5-9,15H2,1-4H3,(H,16,17). The zero-order valence-corrected chi connectivity index (χ0v) is 11.8. The molecule has 100 valence electrons. The smallest absolute Gasteiger partial charge is 0.223 e. The summed E-state index contributed by atoms with van der Waals surface area (Å²) in [6.07, 6.45) is 3.95. The predicted octanol–water partition coefficient (Wildman–Crippen LogP) is 2.30. The van der Waals surface area contributed by atoms with Crippen LogP contribution in [-0.2, 0) is 4.79 Å². The molecule has 0 radical (unpaired) electrons. The number of carbonyl (C=O) groups is 1. The van der Waals surface area contributed by atoms with Crippen LogP contribution in [-0.4, -0.2) is 18.5 Å². The van der Waals surface area contributed by atoms with Gasteiger partial charge in [-0.1, -0.05) is 27.7 Å². The summed E-state index contributed by atoms with van der Waals surface area (Å²) in [7, 11) is 0. The second-order valence-corrected chi connectivity index (χ2v) is 6.76. The number of amides is 1. The highest BCUT2D eigenvalue weighted by Gasteiger charge is 2.30. The van der Waals surface area contributed by atoms with Crippen molar-refractivity contribution in [3.8, 4) is 0 Å². The van der Waals surface area contributed by atoms with Crippen molar-refractivity contribution in [3.05, 3.63) is 0 Å². The van der Waals surface area contributed by atoms with E-state index in [2.05, 4.69) is 33.0 Å². The van der Waals surface area contributed by atoms with E-state index in [-0.39, 0.29) is 17.2 Å². The van der Waals surface area contributed by atoms with Crippen LogP contribution in [0.2, 0.25) is 0 Å². The van der Waals surface area contributed by atoms with E-state index < -0.39 is 0 Å². The number of nitrogens with two attached hydrogens (primary N) is 1. The Labute approximate surface area is 106 Å². The zero-order valence-electron chi connectivity index (χ0n) is 11.8. The Balaban J connectivity index is 2.32. The molecule has 1 aliphatic rings. The lowest BCUT2D eigenvalue weighted by molar-refractivity contribution is -0.127. The average Bonchev–Trinajstić information content (AvgIpc) is 2.15. The summed E-state index contributed by atoms with van der Waals surface area (Å²) < 4.78 is 0. The zero-order chi connectivity index (χ0) is 13.1. The largest absolute Gasteiger partial charge is 0.356 e. The highest BCUT2D eigenvalue weighted by atomic mass is 16.1. The minimum atomic E-state index is 0.176. The van der Waals surface area contributed by atoms with Crippen LogP contribution in [0.4, 0.5) is 0 Å². The quantitative estimate of drug-likeness (QED) is 0.795. The maximum Gasteiger partial charge on any atom is 0.223 e. The Morgan fingerprint density at radius 1 is 1.35 bits per heavy atom. The van der Waals surface area contributed by atoms with Crippen molar-refractivity contribution in [2.45, 2.75) is 59.4 Å². The van der Waals surface area contributed by atoms with Crippen LogP contribution < -0.4 is 11.1 Å². The Bertz CT molecular complexity index is 257. The molecule has 1 rings (SSSR count). The van der Waals surface area contributed by atoms with Crippen LogP contribution in [0, 0.1) is 17.3 Å². The Morgan fingerprint density at radius 2 is 2.00 bits per heavy atom. The van der Waals surface area contributed by atoms with Gasteiger partial charge in [0.25, 0.3) is 0 Å². The third-order valence-corrected chi connectivity index (χ3v) is 3.72. The van der Waals surface area contributed by atoms with Crippen LogP contribution in [0.1, 0.15) is 53.4 Å². The van der Waals surface area contributed by atoms with Crippen LogP contribution >= 0.6 is 0 Å². The summed E-state index contributed by atoms with van der Waals surface area (Å²) in [5, 5.41) is 3.07. The monoisotopic (exact) mass is 240 g/mol. The molecule has 0 saturated heterocycles. The summed E-state index contributed by atoms with van der Waals surface area (Å²) in [4.78, 5) is 12.0. The van der Waals surface area contributed by atoms with E-state index in [0.29, 0.717) is 12.0 Å². The number of carbonyl (C=O) groups excluding carboxylic acids is 1. The fraction of sp³-hybridized carbons (Fsp3) is 0.929. The second kappa shape index (κ2) is 5.85. The molecule has 0 aliphatic heterocycles. The maximum atomic E-state index is 12.0. The van der Waals surface area contributed by atoms with Crippen molar-refractivity contribution >= 4 is 5.91 Å². The third kappa shape index (κ3) is 5.07. The molecule has 3 nitrogen and oxygen atoms in total. The average molecular weight is 240 g/mol. The molecule has 3 N–H and O–H groups in total. The van der Waals surface area contributed by atoms with Crippen molar-refractivity contribution in [2.75, 3.05) is 6.54 Å². The lowest BCUT2D eigenvalue weighted by Crippen LogP contribution is -2.41. The summed E-state index contributed by atoms with van der Waals surface area (Å²) in [5.41, 5.74) is 6.20. The molecular formula is C14H28N2O. The molecule has 17 heavy (non-hydrogen) atoms. The number of rotatable bonds is 3. The van der Waals surface area contributed by atoms with E-state index >= 15 is 0 Å². The first-order valence-corrected chi connectivity index (χ1v) is 6.83. The van der Waals surface area contributed by atoms with Crippen molar-refractivity contribution in [3.63, 3.8) is 0 Å². The molecule has 0 aromatic carbocycles. The van der Waals surface area contributed by atoms with Gasteiger partial charge in [0.2, 0.25) is 5.91 Å². The molecule has 0 aromatic heterocycles. The fourth-order valence-electron chi connectivity index (χ4n) is 2.52. The lowest BCUT2D eigenvalue weighted by Gasteiger charge is -2.31. The molecule has 1 saturated carbocycles. The topological polar surface area (TPSA) is 55.1 Å². The second-order valence-electron chi connectivity index (χ2n) is 6.76. The van der Waals surface area contributed by atoms with Crippen LogP contribution in [0.3, 0.4) is 0 Å². The van der Waals surface area contributed by atoms with Gasteiger partial charge < -0.3 is 11.1 Å². The molecule has 0 bridgehead atoms. The predicted molar refractivity (Wildman–Crippen MR) is 71.6 cm³/mol. The van der Waals surface area contributed by atoms with Gasteiger partial charge >= 0.3 is 0 Å². The molecule has 0 aromatic rings. The van der Waals surface area contributed by atoms with Gasteiger partial charge in [0, 0.05) is 18.5 Å². The van der Waals surface area contributed by atoms with Crippen LogP contribution in [0.25, 0.3) is 0 Å². The molecule has 3 atom stereocenters. The Hall–Kier alpha value is -0.570. The highest BCUT2D eigenvalue weighted by molar-refractivity contribution is 5.79. The van der Waals surface area contributed by atoms with E-state index in [0.717, 1.165) is 32.2 Å². The van der Waals surface area contributed by atoms with Gasteiger partial charge in [0.15, 0.2) is 0 Å². The van der Waals surface area contributed by atoms with Gasteiger partial charge in [0.1, 0.15) is 0 Å². The first kappa shape index (κ1) is 14.5. The minimum absolute atomic E-state index is 0.176. The van der Waals surface area contributed by atoms with Crippen molar-refractivity contribution < 1.29 is 4.79 Å². The molecule has 1 amide bonds. The van der Waals surface area contributed by atoms with E-state index in [1.807, 2.05) is 0 Å². The van der Waals surface area contributed by atoms with Gasteiger partial charge in [-0.15, -0.1) is 0 Å². The van der Waals surface area contributed by atoms with E-state index in [1.54, 1.807) is 0 Å². The SMILES string of the molecule is CC1CC(N)CCC1C(=O)NCCC(C)(C)C. The van der Waals surface area contributed by atoms with Gasteiger partial charge in [-0.05, 0) is 37.0 Å². The van der Waals surface area contributed by atoms with Gasteiger partial charge in [0.05, 0.1) is 0 Å². The molecule has 1 aliphatic carbocycles. The number of hydrogen-bond donors (Lipinski definition) is 2. The normalized spacial score (nSPS) is 30.1. The van der Waals surface area contributed by atoms with Gasteiger partial charge in [-0.2, -0.15) is 0 Å². The lowest BCUT2D eigenvalue weighted by atomic mass is 9.77. The van der Waals surface area contributed by atoms with E-state index in [1.165, 1.54) is 0 Å². The molecule has 1 fully saturated rings. The molecule has 0 heterocycles. The van der Waals surface area contributed by atoms with Crippen LogP contribution in [0.15, 0.2) is 0 Å². The van der Waals surface area contributed by atoms with Gasteiger partial charge in [-0.25, -0.2) is 0 Å². The number of hydrogen-bond acceptors (Lipinski definition) is 2.